The number of rotatable bonds is 5. The third-order valence-corrected chi connectivity index (χ3v) is 3.98. The molecule has 0 saturated heterocycles. The number of carboxylic acid groups (broad SMARTS) is 1. The van der Waals surface area contributed by atoms with E-state index in [0.717, 1.165) is 11.3 Å². The van der Waals surface area contributed by atoms with Crippen molar-refractivity contribution in [3.63, 3.8) is 0 Å². The fraction of sp³-hybridized carbons (Fsp3) is 0.214. The number of hydrogen-bond acceptors (Lipinski definition) is 4. The summed E-state index contributed by atoms with van der Waals surface area (Å²) in [5.41, 5.74) is -0.0139. The Bertz CT molecular complexity index is 654. The maximum atomic E-state index is 11.8. The predicted molar refractivity (Wildman–Crippen MR) is 80.8 cm³/mol. The summed E-state index contributed by atoms with van der Waals surface area (Å²) in [5, 5.41) is 14.2. The van der Waals surface area contributed by atoms with Gasteiger partial charge in [0.2, 0.25) is 0 Å². The largest absolute Gasteiger partial charge is 0.476 e. The van der Waals surface area contributed by atoms with Crippen molar-refractivity contribution < 1.29 is 14.7 Å². The van der Waals surface area contributed by atoms with Crippen LogP contribution in [0.5, 0.6) is 0 Å². The second-order valence-corrected chi connectivity index (χ2v) is 5.49. The number of carbonyl (C=O) groups excluding carboxylic acids is 1. The van der Waals surface area contributed by atoms with Crippen LogP contribution in [0.25, 0.3) is 0 Å². The van der Waals surface area contributed by atoms with Crippen LogP contribution in [-0.4, -0.2) is 22.1 Å². The molecule has 0 spiro atoms. The Morgan fingerprint density at radius 3 is 2.71 bits per heavy atom. The van der Waals surface area contributed by atoms with Gasteiger partial charge < -0.3 is 15.7 Å². The fourth-order valence-corrected chi connectivity index (χ4v) is 2.62. The highest BCUT2D eigenvalue weighted by atomic mass is 32.1. The van der Waals surface area contributed by atoms with E-state index in [1.54, 1.807) is 17.4 Å². The van der Waals surface area contributed by atoms with E-state index in [4.69, 9.17) is 5.11 Å². The Balaban J connectivity index is 1.94. The van der Waals surface area contributed by atoms with Gasteiger partial charge >= 0.3 is 12.0 Å². The van der Waals surface area contributed by atoms with Crippen LogP contribution >= 0.6 is 11.3 Å². The number of urea groups is 1. The van der Waals surface area contributed by atoms with Crippen molar-refractivity contribution in [2.45, 2.75) is 19.9 Å². The van der Waals surface area contributed by atoms with E-state index < -0.39 is 12.0 Å². The zero-order chi connectivity index (χ0) is 15.2. The minimum atomic E-state index is -1.18. The molecule has 0 aliphatic carbocycles. The molecule has 2 amide bonds. The molecule has 0 unspecified atom stereocenters. The van der Waals surface area contributed by atoms with Crippen LogP contribution < -0.4 is 10.6 Å². The molecule has 2 heterocycles. The average Bonchev–Trinajstić information content (AvgIpc) is 2.93. The van der Waals surface area contributed by atoms with Crippen LogP contribution in [0.2, 0.25) is 0 Å². The van der Waals surface area contributed by atoms with Gasteiger partial charge in [0.15, 0.2) is 5.69 Å². The summed E-state index contributed by atoms with van der Waals surface area (Å²) in [7, 11) is 0. The van der Waals surface area contributed by atoms with Gasteiger partial charge in [-0.2, -0.15) is 0 Å². The van der Waals surface area contributed by atoms with E-state index in [0.29, 0.717) is 6.54 Å². The van der Waals surface area contributed by atoms with Gasteiger partial charge in [0.05, 0.1) is 12.2 Å². The van der Waals surface area contributed by atoms with Crippen LogP contribution in [0.15, 0.2) is 30.5 Å². The lowest BCUT2D eigenvalue weighted by Crippen LogP contribution is -2.28. The Morgan fingerprint density at radius 2 is 2.05 bits per heavy atom. The van der Waals surface area contributed by atoms with E-state index >= 15 is 0 Å². The van der Waals surface area contributed by atoms with Crippen molar-refractivity contribution >= 4 is 29.0 Å². The molecule has 0 bridgehead atoms. The van der Waals surface area contributed by atoms with E-state index in [1.165, 1.54) is 17.1 Å². The number of nitrogens with one attached hydrogen (secondary N) is 2. The first-order valence-corrected chi connectivity index (χ1v) is 7.22. The topological polar surface area (TPSA) is 91.3 Å². The van der Waals surface area contributed by atoms with Crippen LogP contribution in [0.3, 0.4) is 0 Å². The second-order valence-electron chi connectivity index (χ2n) is 4.23. The molecule has 7 heteroatoms. The number of aromatic carboxylic acids is 1. The summed E-state index contributed by atoms with van der Waals surface area (Å²) in [6, 6.07) is 6.60. The quantitative estimate of drug-likeness (QED) is 0.792. The maximum Gasteiger partial charge on any atom is 0.356 e. The Kier molecular flexibility index (Phi) is 4.89. The van der Waals surface area contributed by atoms with Gasteiger partial charge in [-0.05, 0) is 30.7 Å². The summed E-state index contributed by atoms with van der Waals surface area (Å²) in [5.74, 6) is -1.18. The SMILES string of the molecule is CCc1ccc(CNC(=O)Nc2cccnc2C(=O)O)s1. The van der Waals surface area contributed by atoms with Crippen LogP contribution in [0.4, 0.5) is 10.5 Å². The first kappa shape index (κ1) is 15.0. The van der Waals surface area contributed by atoms with E-state index in [1.807, 2.05) is 12.1 Å². The molecule has 0 aromatic carbocycles. The summed E-state index contributed by atoms with van der Waals surface area (Å²) < 4.78 is 0. The summed E-state index contributed by atoms with van der Waals surface area (Å²) >= 11 is 1.64. The zero-order valence-corrected chi connectivity index (χ0v) is 12.2. The number of carbonyl (C=O) groups is 2. The number of aromatic nitrogens is 1. The van der Waals surface area contributed by atoms with E-state index in [9.17, 15) is 9.59 Å². The lowest BCUT2D eigenvalue weighted by Gasteiger charge is -2.08. The molecule has 110 valence electrons. The van der Waals surface area contributed by atoms with Gasteiger partial charge in [-0.1, -0.05) is 6.92 Å². The van der Waals surface area contributed by atoms with Gasteiger partial charge in [-0.3, -0.25) is 0 Å². The predicted octanol–water partition coefficient (Wildman–Crippen LogP) is 2.73. The molecule has 6 nitrogen and oxygen atoms in total. The third-order valence-electron chi connectivity index (χ3n) is 2.75. The lowest BCUT2D eigenvalue weighted by atomic mass is 10.3. The molecule has 3 N–H and O–H groups in total. The Labute approximate surface area is 125 Å². The molecular formula is C14H15N3O3S. The molecule has 0 aliphatic rings. The molecule has 21 heavy (non-hydrogen) atoms. The smallest absolute Gasteiger partial charge is 0.356 e. The number of anilines is 1. The molecular weight excluding hydrogens is 290 g/mol. The fourth-order valence-electron chi connectivity index (χ4n) is 1.72. The van der Waals surface area contributed by atoms with Crippen molar-refractivity contribution in [3.8, 4) is 0 Å². The van der Waals surface area contributed by atoms with Crippen molar-refractivity contribution in [3.05, 3.63) is 45.9 Å². The molecule has 0 fully saturated rings. The monoisotopic (exact) mass is 305 g/mol. The number of carboxylic acids is 1. The number of aryl methyl sites for hydroxylation is 1. The maximum absolute atomic E-state index is 11.8. The van der Waals surface area contributed by atoms with Crippen molar-refractivity contribution in [1.82, 2.24) is 10.3 Å². The standard InChI is InChI=1S/C14H15N3O3S/c1-2-9-5-6-10(21-9)8-16-14(20)17-11-4-3-7-15-12(11)13(18)19/h3-7H,2,8H2,1H3,(H,18,19)(H2,16,17,20). The third kappa shape index (κ3) is 4.03. The number of nitrogens with zero attached hydrogens (tertiary/aromatic N) is 1. The second kappa shape index (κ2) is 6.85. The molecule has 0 aliphatic heterocycles. The molecule has 0 saturated carbocycles. The molecule has 2 aromatic rings. The van der Waals surface area contributed by atoms with Crippen molar-refractivity contribution in [2.24, 2.45) is 0 Å². The van der Waals surface area contributed by atoms with Gasteiger partial charge in [-0.25, -0.2) is 14.6 Å². The van der Waals surface area contributed by atoms with Gasteiger partial charge in [0.25, 0.3) is 0 Å². The first-order chi connectivity index (χ1) is 10.1. The minimum Gasteiger partial charge on any atom is -0.476 e. The van der Waals surface area contributed by atoms with Crippen LogP contribution in [-0.2, 0) is 13.0 Å². The zero-order valence-electron chi connectivity index (χ0n) is 11.4. The summed E-state index contributed by atoms with van der Waals surface area (Å²) in [6.07, 6.45) is 2.33. The number of thiophene rings is 1. The van der Waals surface area contributed by atoms with Gasteiger partial charge in [-0.15, -0.1) is 11.3 Å². The van der Waals surface area contributed by atoms with Crippen molar-refractivity contribution in [1.29, 1.82) is 0 Å². The van der Waals surface area contributed by atoms with Gasteiger partial charge in [0.1, 0.15) is 0 Å². The minimum absolute atomic E-state index is 0.169. The van der Waals surface area contributed by atoms with Gasteiger partial charge in [0, 0.05) is 16.0 Å². The molecule has 2 rings (SSSR count). The normalized spacial score (nSPS) is 10.1. The van der Waals surface area contributed by atoms with Crippen LogP contribution in [0.1, 0.15) is 27.2 Å². The van der Waals surface area contributed by atoms with E-state index in [-0.39, 0.29) is 11.4 Å². The Morgan fingerprint density at radius 1 is 1.29 bits per heavy atom. The average molecular weight is 305 g/mol. The molecule has 0 radical (unpaired) electrons. The van der Waals surface area contributed by atoms with E-state index in [2.05, 4.69) is 22.5 Å². The summed E-state index contributed by atoms with van der Waals surface area (Å²) in [4.78, 5) is 28.8. The van der Waals surface area contributed by atoms with Crippen molar-refractivity contribution in [2.75, 3.05) is 5.32 Å². The highest BCUT2D eigenvalue weighted by molar-refractivity contribution is 7.11. The highest BCUT2D eigenvalue weighted by Gasteiger charge is 2.13. The first-order valence-electron chi connectivity index (χ1n) is 6.41. The number of amides is 2. The lowest BCUT2D eigenvalue weighted by molar-refractivity contribution is 0.0691. The summed E-state index contributed by atoms with van der Waals surface area (Å²) in [6.45, 7) is 2.48. The molecule has 0 atom stereocenters. The molecule has 2 aromatic heterocycles. The number of hydrogen-bond donors (Lipinski definition) is 3. The Hall–Kier alpha value is -2.41. The number of pyridine rings is 1. The van der Waals surface area contributed by atoms with Crippen LogP contribution in [0, 0.1) is 0 Å². The highest BCUT2D eigenvalue weighted by Crippen LogP contribution is 2.16.